The Morgan fingerprint density at radius 3 is 2.47 bits per heavy atom. The van der Waals surface area contributed by atoms with E-state index in [9.17, 15) is 10.1 Å². The van der Waals surface area contributed by atoms with Crippen LogP contribution in [0.15, 0.2) is 24.3 Å². The van der Waals surface area contributed by atoms with Crippen LogP contribution in [0.3, 0.4) is 0 Å². The van der Waals surface area contributed by atoms with Gasteiger partial charge in [0, 0.05) is 12.1 Å². The molecule has 0 aromatic heterocycles. The first-order valence-electron chi connectivity index (χ1n) is 4.67. The average molecular weight is 321 g/mol. The monoisotopic (exact) mass is 321 g/mol. The molecule has 1 aromatic rings. The summed E-state index contributed by atoms with van der Waals surface area (Å²) in [7, 11) is 0. The summed E-state index contributed by atoms with van der Waals surface area (Å²) in [6.07, 6.45) is 2.15. The molecule has 0 N–H and O–H groups in total. The zero-order valence-electron chi connectivity index (χ0n) is 8.19. The minimum absolute atomic E-state index is 0.0922. The summed E-state index contributed by atoms with van der Waals surface area (Å²) in [4.78, 5) is 9.96. The normalized spacial score (nSPS) is 9.93. The molecule has 0 amide bonds. The third-order valence-corrected chi connectivity index (χ3v) is 2.61. The lowest BCUT2D eigenvalue weighted by Gasteiger charge is -2.04. The van der Waals surface area contributed by atoms with E-state index < -0.39 is 4.92 Å². The van der Waals surface area contributed by atoms with Crippen molar-refractivity contribution < 1.29 is 9.66 Å². The van der Waals surface area contributed by atoms with Crippen molar-refractivity contribution >= 4 is 28.3 Å². The Labute approximate surface area is 102 Å². The number of alkyl halides is 1. The van der Waals surface area contributed by atoms with Crippen LogP contribution in [0.1, 0.15) is 12.8 Å². The molecule has 0 fully saturated rings. The number of halogens is 1. The first kappa shape index (κ1) is 12.2. The summed E-state index contributed by atoms with van der Waals surface area (Å²) in [5.74, 6) is 0.689. The van der Waals surface area contributed by atoms with Gasteiger partial charge in [0.1, 0.15) is 5.75 Å². The summed E-state index contributed by atoms with van der Waals surface area (Å²) < 4.78 is 6.54. The molecule has 82 valence electrons. The van der Waals surface area contributed by atoms with Gasteiger partial charge in [-0.25, -0.2) is 0 Å². The highest BCUT2D eigenvalue weighted by atomic mass is 127. The van der Waals surface area contributed by atoms with Crippen molar-refractivity contribution in [2.75, 3.05) is 11.0 Å². The first-order chi connectivity index (χ1) is 7.24. The van der Waals surface area contributed by atoms with Gasteiger partial charge in [-0.3, -0.25) is 10.1 Å². The van der Waals surface area contributed by atoms with E-state index in [0.717, 1.165) is 17.3 Å². The number of hydrogen-bond acceptors (Lipinski definition) is 3. The van der Waals surface area contributed by atoms with E-state index in [1.165, 1.54) is 12.1 Å². The van der Waals surface area contributed by atoms with Crippen LogP contribution in [-0.2, 0) is 0 Å². The molecule has 0 atom stereocenters. The molecule has 0 bridgehead atoms. The molecule has 0 aliphatic carbocycles. The molecule has 0 saturated carbocycles. The molecule has 0 aliphatic rings. The number of nitro groups is 1. The smallest absolute Gasteiger partial charge is 0.269 e. The Kier molecular flexibility index (Phi) is 5.38. The molecular weight excluding hydrogens is 309 g/mol. The lowest BCUT2D eigenvalue weighted by atomic mass is 10.3. The number of nitrogens with zero attached hydrogens (tertiary/aromatic N) is 1. The fourth-order valence-electron chi connectivity index (χ4n) is 1.05. The number of unbranched alkanes of at least 4 members (excludes halogenated alkanes) is 1. The molecule has 4 nitrogen and oxygen atoms in total. The van der Waals surface area contributed by atoms with Crippen LogP contribution in [0.25, 0.3) is 0 Å². The Bertz CT molecular complexity index is 313. The Morgan fingerprint density at radius 2 is 1.93 bits per heavy atom. The molecule has 0 radical (unpaired) electrons. The third-order valence-electron chi connectivity index (χ3n) is 1.84. The molecule has 0 spiro atoms. The SMILES string of the molecule is O=[N+]([O-])c1ccc(OCCCCI)cc1. The highest BCUT2D eigenvalue weighted by Gasteiger charge is 2.03. The average Bonchev–Trinajstić information content (AvgIpc) is 2.25. The van der Waals surface area contributed by atoms with Gasteiger partial charge >= 0.3 is 0 Å². The second-order valence-corrected chi connectivity index (χ2v) is 4.07. The van der Waals surface area contributed by atoms with Crippen LogP contribution < -0.4 is 4.74 Å². The highest BCUT2D eigenvalue weighted by molar-refractivity contribution is 14.1. The van der Waals surface area contributed by atoms with Crippen LogP contribution >= 0.6 is 22.6 Å². The summed E-state index contributed by atoms with van der Waals surface area (Å²) in [6, 6.07) is 6.16. The van der Waals surface area contributed by atoms with Crippen molar-refractivity contribution in [2.45, 2.75) is 12.8 Å². The van der Waals surface area contributed by atoms with E-state index in [1.54, 1.807) is 12.1 Å². The topological polar surface area (TPSA) is 52.4 Å². The molecule has 15 heavy (non-hydrogen) atoms. The second kappa shape index (κ2) is 6.60. The van der Waals surface area contributed by atoms with Gasteiger partial charge in [-0.15, -0.1) is 0 Å². The van der Waals surface area contributed by atoms with Gasteiger partial charge in [-0.2, -0.15) is 0 Å². The zero-order chi connectivity index (χ0) is 11.1. The van der Waals surface area contributed by atoms with E-state index in [1.807, 2.05) is 0 Å². The van der Waals surface area contributed by atoms with Crippen molar-refractivity contribution in [1.82, 2.24) is 0 Å². The fourth-order valence-corrected chi connectivity index (χ4v) is 1.59. The summed E-state index contributed by atoms with van der Waals surface area (Å²) in [5, 5.41) is 10.4. The van der Waals surface area contributed by atoms with Crippen molar-refractivity contribution in [3.05, 3.63) is 34.4 Å². The van der Waals surface area contributed by atoms with Crippen molar-refractivity contribution in [1.29, 1.82) is 0 Å². The standard InChI is InChI=1S/C10H12INO3/c11-7-1-2-8-15-10-5-3-9(4-6-10)12(13)14/h3-6H,1-2,7-8H2. The summed E-state index contributed by atoms with van der Waals surface area (Å²) in [5.41, 5.74) is 0.0922. The number of non-ortho nitro benzene ring substituents is 1. The third kappa shape index (κ3) is 4.46. The predicted molar refractivity (Wildman–Crippen MR) is 66.7 cm³/mol. The number of benzene rings is 1. The van der Waals surface area contributed by atoms with Gasteiger partial charge in [0.2, 0.25) is 0 Å². The first-order valence-corrected chi connectivity index (χ1v) is 6.20. The van der Waals surface area contributed by atoms with Crippen LogP contribution in [0.2, 0.25) is 0 Å². The molecule has 0 heterocycles. The Morgan fingerprint density at radius 1 is 1.27 bits per heavy atom. The summed E-state index contributed by atoms with van der Waals surface area (Å²) in [6.45, 7) is 0.667. The minimum atomic E-state index is -0.417. The quantitative estimate of drug-likeness (QED) is 0.266. The number of ether oxygens (including phenoxy) is 1. The highest BCUT2D eigenvalue weighted by Crippen LogP contribution is 2.17. The number of nitro benzene ring substituents is 1. The number of hydrogen-bond donors (Lipinski definition) is 0. The minimum Gasteiger partial charge on any atom is -0.494 e. The van der Waals surface area contributed by atoms with E-state index in [2.05, 4.69) is 22.6 Å². The summed E-state index contributed by atoms with van der Waals surface area (Å²) >= 11 is 2.32. The molecule has 0 unspecified atom stereocenters. The van der Waals surface area contributed by atoms with Crippen LogP contribution in [-0.4, -0.2) is 16.0 Å². The van der Waals surface area contributed by atoms with Gasteiger partial charge in [-0.1, -0.05) is 22.6 Å². The van der Waals surface area contributed by atoms with Gasteiger partial charge in [0.05, 0.1) is 11.5 Å². The Hall–Kier alpha value is -0.850. The number of rotatable bonds is 6. The lowest BCUT2D eigenvalue weighted by molar-refractivity contribution is -0.384. The van der Waals surface area contributed by atoms with Crippen molar-refractivity contribution in [3.8, 4) is 5.75 Å². The molecule has 0 saturated heterocycles. The van der Waals surface area contributed by atoms with Gasteiger partial charge in [0.15, 0.2) is 0 Å². The maximum Gasteiger partial charge on any atom is 0.269 e. The second-order valence-electron chi connectivity index (χ2n) is 3.00. The van der Waals surface area contributed by atoms with Crippen LogP contribution in [0.4, 0.5) is 5.69 Å². The van der Waals surface area contributed by atoms with E-state index in [-0.39, 0.29) is 5.69 Å². The largest absolute Gasteiger partial charge is 0.494 e. The van der Waals surface area contributed by atoms with Crippen LogP contribution in [0, 0.1) is 10.1 Å². The lowest BCUT2D eigenvalue weighted by Crippen LogP contribution is -1.97. The molecule has 1 aromatic carbocycles. The van der Waals surface area contributed by atoms with E-state index in [4.69, 9.17) is 4.74 Å². The predicted octanol–water partition coefficient (Wildman–Crippen LogP) is 3.19. The van der Waals surface area contributed by atoms with Gasteiger partial charge in [-0.05, 0) is 29.4 Å². The van der Waals surface area contributed by atoms with Gasteiger partial charge in [0.25, 0.3) is 5.69 Å². The van der Waals surface area contributed by atoms with Crippen molar-refractivity contribution in [2.24, 2.45) is 0 Å². The zero-order valence-corrected chi connectivity index (χ0v) is 10.3. The molecule has 1 rings (SSSR count). The molecule has 5 heteroatoms. The van der Waals surface area contributed by atoms with E-state index in [0.29, 0.717) is 12.4 Å². The van der Waals surface area contributed by atoms with E-state index >= 15 is 0 Å². The van der Waals surface area contributed by atoms with Crippen LogP contribution in [0.5, 0.6) is 5.75 Å². The Balaban J connectivity index is 2.39. The maximum absolute atomic E-state index is 10.4. The molecule has 0 aliphatic heterocycles. The maximum atomic E-state index is 10.4. The van der Waals surface area contributed by atoms with Gasteiger partial charge < -0.3 is 4.74 Å². The van der Waals surface area contributed by atoms with Crippen molar-refractivity contribution in [3.63, 3.8) is 0 Å². The fraction of sp³-hybridized carbons (Fsp3) is 0.400. The molecular formula is C10H12INO3.